The first-order chi connectivity index (χ1) is 12.3. The van der Waals surface area contributed by atoms with Crippen molar-refractivity contribution in [1.29, 1.82) is 0 Å². The lowest BCUT2D eigenvalue weighted by molar-refractivity contribution is -0.134. The second-order valence-electron chi connectivity index (χ2n) is 5.77. The average molecular weight is 379 g/mol. The van der Waals surface area contributed by atoms with Crippen molar-refractivity contribution in [2.75, 3.05) is 22.7 Å². The second kappa shape index (κ2) is 7.14. The number of nitrogens with zero attached hydrogens (tertiary/aromatic N) is 2. The van der Waals surface area contributed by atoms with E-state index >= 15 is 0 Å². The van der Waals surface area contributed by atoms with E-state index in [1.807, 2.05) is 0 Å². The Kier molecular flexibility index (Phi) is 4.91. The molecule has 138 valence electrons. The molecule has 5 N–H and O–H groups in total. The zero-order valence-corrected chi connectivity index (χ0v) is 14.3. The summed E-state index contributed by atoms with van der Waals surface area (Å²) in [5.74, 6) is -0.0218. The van der Waals surface area contributed by atoms with Gasteiger partial charge in [-0.25, -0.2) is 4.98 Å². The van der Waals surface area contributed by atoms with Crippen molar-refractivity contribution in [1.82, 2.24) is 9.97 Å². The molecule has 1 aromatic carbocycles. The Labute approximate surface area is 149 Å². The molecule has 0 amide bonds. The predicted octanol–water partition coefficient (Wildman–Crippen LogP) is 1.54. The van der Waals surface area contributed by atoms with Crippen LogP contribution < -0.4 is 16.2 Å². The Balaban J connectivity index is 1.71. The monoisotopic (exact) mass is 379 g/mol. The minimum Gasteiger partial charge on any atom is -0.480 e. The van der Waals surface area contributed by atoms with Crippen LogP contribution in [0.5, 0.6) is 0 Å². The zero-order chi connectivity index (χ0) is 18.7. The molecule has 0 radical (unpaired) electrons. The normalized spacial score (nSPS) is 13.9. The summed E-state index contributed by atoms with van der Waals surface area (Å²) in [6.07, 6.45) is 2.05. The van der Waals surface area contributed by atoms with Gasteiger partial charge < -0.3 is 10.4 Å². The van der Waals surface area contributed by atoms with E-state index in [4.69, 9.17) is 9.66 Å². The van der Waals surface area contributed by atoms with Crippen molar-refractivity contribution < 1.29 is 22.9 Å². The van der Waals surface area contributed by atoms with E-state index in [1.54, 1.807) is 6.07 Å². The Morgan fingerprint density at radius 2 is 1.85 bits per heavy atom. The number of benzene rings is 1. The van der Waals surface area contributed by atoms with Crippen molar-refractivity contribution in [3.8, 4) is 0 Å². The van der Waals surface area contributed by atoms with Crippen LogP contribution in [0.25, 0.3) is 0 Å². The number of nitrogens with one attached hydrogen (secondary N) is 3. The Morgan fingerprint density at radius 3 is 2.42 bits per heavy atom. The van der Waals surface area contributed by atoms with Gasteiger partial charge in [0.25, 0.3) is 10.1 Å². The first-order valence-corrected chi connectivity index (χ1v) is 9.19. The van der Waals surface area contributed by atoms with Gasteiger partial charge in [0.05, 0.1) is 16.3 Å². The molecule has 0 bridgehead atoms. The van der Waals surface area contributed by atoms with E-state index < -0.39 is 16.1 Å². The number of carboxylic acid groups (broad SMARTS) is 1. The van der Waals surface area contributed by atoms with Gasteiger partial charge in [-0.3, -0.25) is 20.2 Å². The minimum atomic E-state index is -4.24. The molecule has 26 heavy (non-hydrogen) atoms. The van der Waals surface area contributed by atoms with Crippen molar-refractivity contribution in [3.05, 3.63) is 36.0 Å². The number of aromatic nitrogens is 2. The third-order valence-electron chi connectivity index (χ3n) is 3.63. The quantitative estimate of drug-likeness (QED) is 0.337. The molecule has 1 aromatic heterocycles. The van der Waals surface area contributed by atoms with Gasteiger partial charge in [0.15, 0.2) is 0 Å². The summed E-state index contributed by atoms with van der Waals surface area (Å²) < 4.78 is 31.0. The van der Waals surface area contributed by atoms with Crippen LogP contribution in [0.4, 0.5) is 17.5 Å². The van der Waals surface area contributed by atoms with Crippen molar-refractivity contribution >= 4 is 33.5 Å². The molecular weight excluding hydrogens is 362 g/mol. The van der Waals surface area contributed by atoms with Crippen LogP contribution in [0.2, 0.25) is 0 Å². The molecule has 0 saturated heterocycles. The molecule has 1 aliphatic rings. The Morgan fingerprint density at radius 1 is 1.15 bits per heavy atom. The van der Waals surface area contributed by atoms with Gasteiger partial charge in [-0.05, 0) is 37.1 Å². The summed E-state index contributed by atoms with van der Waals surface area (Å²) in [4.78, 5) is 19.0. The third-order valence-corrected chi connectivity index (χ3v) is 4.49. The van der Waals surface area contributed by atoms with Crippen LogP contribution in [0, 0.1) is 0 Å². The van der Waals surface area contributed by atoms with E-state index in [2.05, 4.69) is 26.1 Å². The number of hydrogen-bond donors (Lipinski definition) is 5. The molecule has 1 heterocycles. The molecule has 1 saturated carbocycles. The van der Waals surface area contributed by atoms with Crippen LogP contribution in [-0.2, 0) is 14.9 Å². The van der Waals surface area contributed by atoms with Crippen molar-refractivity contribution in [2.45, 2.75) is 23.7 Å². The van der Waals surface area contributed by atoms with Crippen molar-refractivity contribution in [2.24, 2.45) is 0 Å². The largest absolute Gasteiger partial charge is 0.480 e. The molecule has 2 aromatic rings. The maximum absolute atomic E-state index is 11.0. The zero-order valence-electron chi connectivity index (χ0n) is 13.5. The highest BCUT2D eigenvalue weighted by molar-refractivity contribution is 7.85. The predicted molar refractivity (Wildman–Crippen MR) is 93.6 cm³/mol. The maximum atomic E-state index is 11.0. The van der Waals surface area contributed by atoms with Gasteiger partial charge in [-0.1, -0.05) is 0 Å². The van der Waals surface area contributed by atoms with Gasteiger partial charge in [0, 0.05) is 12.0 Å². The van der Waals surface area contributed by atoms with Gasteiger partial charge in [-0.15, -0.1) is 0 Å². The highest BCUT2D eigenvalue weighted by atomic mass is 32.2. The molecule has 0 atom stereocenters. The molecule has 11 heteroatoms. The first-order valence-electron chi connectivity index (χ1n) is 7.75. The topological polar surface area (TPSA) is 154 Å². The molecule has 1 aliphatic carbocycles. The highest BCUT2D eigenvalue weighted by Gasteiger charge is 2.26. The number of carboxylic acids is 1. The maximum Gasteiger partial charge on any atom is 0.322 e. The molecule has 0 unspecified atom stereocenters. The van der Waals surface area contributed by atoms with Crippen LogP contribution in [0.1, 0.15) is 24.5 Å². The summed E-state index contributed by atoms with van der Waals surface area (Å²) in [5.41, 5.74) is 7.09. The molecular formula is C15H17N5O5S. The number of anilines is 3. The number of carbonyl (C=O) groups is 1. The average Bonchev–Trinajstić information content (AvgIpc) is 3.43. The number of rotatable bonds is 8. The first kappa shape index (κ1) is 17.9. The Hall–Kier alpha value is -2.92. The molecule has 0 aliphatic heterocycles. The lowest BCUT2D eigenvalue weighted by Gasteiger charge is -2.12. The molecule has 3 rings (SSSR count). The molecule has 10 nitrogen and oxygen atoms in total. The summed E-state index contributed by atoms with van der Waals surface area (Å²) in [5, 5.41) is 11.4. The lowest BCUT2D eigenvalue weighted by atomic mass is 10.3. The number of hydrogen-bond acceptors (Lipinski definition) is 8. The Bertz CT molecular complexity index is 913. The van der Waals surface area contributed by atoms with Crippen LogP contribution >= 0.6 is 0 Å². The van der Waals surface area contributed by atoms with Gasteiger partial charge in [0.1, 0.15) is 12.4 Å². The summed E-state index contributed by atoms with van der Waals surface area (Å²) in [6, 6.07) is 7.23. The van der Waals surface area contributed by atoms with Crippen LogP contribution in [-0.4, -0.2) is 40.6 Å². The van der Waals surface area contributed by atoms with E-state index in [1.165, 1.54) is 24.3 Å². The third kappa shape index (κ3) is 4.80. The summed E-state index contributed by atoms with van der Waals surface area (Å²) in [6.45, 7) is -0.294. The van der Waals surface area contributed by atoms with Crippen molar-refractivity contribution in [3.63, 3.8) is 0 Å². The number of aliphatic carboxylic acids is 1. The van der Waals surface area contributed by atoms with Crippen LogP contribution in [0.15, 0.2) is 35.2 Å². The second-order valence-corrected chi connectivity index (χ2v) is 7.19. The smallest absolute Gasteiger partial charge is 0.322 e. The molecule has 1 fully saturated rings. The fourth-order valence-corrected chi connectivity index (χ4v) is 2.68. The SMILES string of the molecule is O=C(O)CNc1nc(NNc2ccc(S(=O)(=O)O)cc2)cc(C2CC2)n1. The van der Waals surface area contributed by atoms with E-state index in [-0.39, 0.29) is 17.4 Å². The fourth-order valence-electron chi connectivity index (χ4n) is 2.20. The van der Waals surface area contributed by atoms with Gasteiger partial charge in [0.2, 0.25) is 5.95 Å². The number of hydrazine groups is 1. The van der Waals surface area contributed by atoms with Gasteiger partial charge in [-0.2, -0.15) is 13.4 Å². The molecule has 0 spiro atoms. The standard InChI is InChI=1S/C15H17N5O5S/c21-14(22)8-16-15-17-12(9-1-2-9)7-13(18-15)20-19-10-3-5-11(6-4-10)26(23,24)25/h3-7,9,19H,1-2,8H2,(H,21,22)(H,23,24,25)(H2,16,17,18,20). The lowest BCUT2D eigenvalue weighted by Crippen LogP contribution is -2.17. The van der Waals surface area contributed by atoms with Crippen LogP contribution in [0.3, 0.4) is 0 Å². The van der Waals surface area contributed by atoms with E-state index in [0.29, 0.717) is 17.4 Å². The minimum absolute atomic E-state index is 0.207. The van der Waals surface area contributed by atoms with E-state index in [9.17, 15) is 13.2 Å². The summed E-state index contributed by atoms with van der Waals surface area (Å²) in [7, 11) is -4.24. The fraction of sp³-hybridized carbons (Fsp3) is 0.267. The van der Waals surface area contributed by atoms with E-state index in [0.717, 1.165) is 18.5 Å². The van der Waals surface area contributed by atoms with Gasteiger partial charge >= 0.3 is 5.97 Å². The summed E-state index contributed by atoms with van der Waals surface area (Å²) >= 11 is 0. The highest BCUT2D eigenvalue weighted by Crippen LogP contribution is 2.39.